The molecule has 2 aromatic carbocycles. The van der Waals surface area contributed by atoms with Crippen LogP contribution in [0.1, 0.15) is 29.2 Å². The number of rotatable bonds is 3. The SMILES string of the molecule is Cc1cc(C)c(NC(=O)[C@@H](C)N2CCc3ccccc32)c(C)c1. The van der Waals surface area contributed by atoms with Crippen molar-refractivity contribution in [1.29, 1.82) is 0 Å². The van der Waals surface area contributed by atoms with Crippen LogP contribution in [0.5, 0.6) is 0 Å². The number of hydrogen-bond donors (Lipinski definition) is 1. The monoisotopic (exact) mass is 308 g/mol. The number of benzene rings is 2. The number of anilines is 2. The number of nitrogens with zero attached hydrogens (tertiary/aromatic N) is 1. The van der Waals surface area contributed by atoms with E-state index in [0.717, 1.165) is 29.8 Å². The average molecular weight is 308 g/mol. The van der Waals surface area contributed by atoms with Crippen LogP contribution in [0.4, 0.5) is 11.4 Å². The molecule has 0 spiro atoms. The molecule has 1 aliphatic heterocycles. The van der Waals surface area contributed by atoms with Gasteiger partial charge in [-0.1, -0.05) is 35.9 Å². The van der Waals surface area contributed by atoms with E-state index in [0.29, 0.717) is 0 Å². The molecule has 1 aliphatic rings. The Bertz CT molecular complexity index is 728. The number of amides is 1. The van der Waals surface area contributed by atoms with E-state index in [9.17, 15) is 4.79 Å². The maximum atomic E-state index is 12.7. The van der Waals surface area contributed by atoms with E-state index in [1.165, 1.54) is 16.8 Å². The first-order valence-corrected chi connectivity index (χ1v) is 8.20. The number of carbonyl (C=O) groups excluding carboxylic acids is 1. The smallest absolute Gasteiger partial charge is 0.246 e. The van der Waals surface area contributed by atoms with Crippen molar-refractivity contribution in [3.63, 3.8) is 0 Å². The standard InChI is InChI=1S/C20H24N2O/c1-13-11-14(2)19(15(3)12-13)21-20(23)16(4)22-10-9-17-7-5-6-8-18(17)22/h5-8,11-12,16H,9-10H2,1-4H3,(H,21,23)/t16-/m1/s1. The summed E-state index contributed by atoms with van der Waals surface area (Å²) in [6, 6.07) is 12.4. The lowest BCUT2D eigenvalue weighted by molar-refractivity contribution is -0.117. The molecule has 1 amide bonds. The molecule has 0 radical (unpaired) electrons. The van der Waals surface area contributed by atoms with Crippen LogP contribution in [0.25, 0.3) is 0 Å². The van der Waals surface area contributed by atoms with Crippen LogP contribution in [0.3, 0.4) is 0 Å². The van der Waals surface area contributed by atoms with Gasteiger partial charge in [0.1, 0.15) is 6.04 Å². The molecule has 0 aromatic heterocycles. The summed E-state index contributed by atoms with van der Waals surface area (Å²) < 4.78 is 0. The number of fused-ring (bicyclic) bond motifs is 1. The van der Waals surface area contributed by atoms with Crippen LogP contribution in [0.2, 0.25) is 0 Å². The Balaban J connectivity index is 1.80. The summed E-state index contributed by atoms with van der Waals surface area (Å²) in [6.45, 7) is 9.06. The predicted octanol–water partition coefficient (Wildman–Crippen LogP) is 4.00. The second-order valence-corrected chi connectivity index (χ2v) is 6.51. The highest BCUT2D eigenvalue weighted by atomic mass is 16.2. The van der Waals surface area contributed by atoms with Gasteiger partial charge in [0.15, 0.2) is 0 Å². The third-order valence-electron chi connectivity index (χ3n) is 4.70. The lowest BCUT2D eigenvalue weighted by atomic mass is 10.0. The van der Waals surface area contributed by atoms with Gasteiger partial charge < -0.3 is 10.2 Å². The third kappa shape index (κ3) is 2.96. The summed E-state index contributed by atoms with van der Waals surface area (Å²) in [5.74, 6) is 0.0526. The number of carbonyl (C=O) groups is 1. The van der Waals surface area contributed by atoms with E-state index in [4.69, 9.17) is 0 Å². The van der Waals surface area contributed by atoms with Gasteiger partial charge in [0.2, 0.25) is 5.91 Å². The first-order valence-electron chi connectivity index (χ1n) is 8.20. The number of aryl methyl sites for hydroxylation is 3. The lowest BCUT2D eigenvalue weighted by Crippen LogP contribution is -2.41. The average Bonchev–Trinajstić information content (AvgIpc) is 2.93. The second-order valence-electron chi connectivity index (χ2n) is 6.51. The quantitative estimate of drug-likeness (QED) is 0.929. The Morgan fingerprint density at radius 2 is 1.78 bits per heavy atom. The Morgan fingerprint density at radius 3 is 2.48 bits per heavy atom. The van der Waals surface area contributed by atoms with E-state index < -0.39 is 0 Å². The van der Waals surface area contributed by atoms with Crippen LogP contribution >= 0.6 is 0 Å². The van der Waals surface area contributed by atoms with E-state index in [1.54, 1.807) is 0 Å². The van der Waals surface area contributed by atoms with E-state index in [2.05, 4.69) is 47.5 Å². The molecule has 0 unspecified atom stereocenters. The molecule has 23 heavy (non-hydrogen) atoms. The summed E-state index contributed by atoms with van der Waals surface area (Å²) in [5, 5.41) is 3.13. The molecule has 0 fully saturated rings. The Labute approximate surface area is 138 Å². The fourth-order valence-electron chi connectivity index (χ4n) is 3.51. The Morgan fingerprint density at radius 1 is 1.13 bits per heavy atom. The minimum atomic E-state index is -0.182. The van der Waals surface area contributed by atoms with Gasteiger partial charge in [-0.2, -0.15) is 0 Å². The van der Waals surface area contributed by atoms with Gasteiger partial charge in [-0.15, -0.1) is 0 Å². The summed E-state index contributed by atoms with van der Waals surface area (Å²) in [4.78, 5) is 14.9. The molecule has 3 heteroatoms. The minimum Gasteiger partial charge on any atom is -0.359 e. The van der Waals surface area contributed by atoms with Gasteiger partial charge >= 0.3 is 0 Å². The summed E-state index contributed by atoms with van der Waals surface area (Å²) in [5.41, 5.74) is 6.91. The van der Waals surface area contributed by atoms with Crippen LogP contribution < -0.4 is 10.2 Å². The molecule has 2 aromatic rings. The van der Waals surface area contributed by atoms with Gasteiger partial charge in [0.05, 0.1) is 0 Å². The zero-order valence-corrected chi connectivity index (χ0v) is 14.3. The fourth-order valence-corrected chi connectivity index (χ4v) is 3.51. The van der Waals surface area contributed by atoms with Crippen molar-refractivity contribution in [2.45, 2.75) is 40.2 Å². The normalized spacial score (nSPS) is 14.5. The zero-order valence-electron chi connectivity index (χ0n) is 14.3. The highest BCUT2D eigenvalue weighted by molar-refractivity contribution is 5.98. The zero-order chi connectivity index (χ0) is 16.6. The van der Waals surface area contributed by atoms with Gasteiger partial charge in [0, 0.05) is 17.9 Å². The highest BCUT2D eigenvalue weighted by Crippen LogP contribution is 2.30. The van der Waals surface area contributed by atoms with Gasteiger partial charge in [-0.05, 0) is 56.9 Å². The Hall–Kier alpha value is -2.29. The molecule has 3 rings (SSSR count). The van der Waals surface area contributed by atoms with Crippen LogP contribution in [-0.2, 0) is 11.2 Å². The van der Waals surface area contributed by atoms with Crippen molar-refractivity contribution in [3.05, 3.63) is 58.7 Å². The third-order valence-corrected chi connectivity index (χ3v) is 4.70. The molecule has 1 heterocycles. The van der Waals surface area contributed by atoms with E-state index >= 15 is 0 Å². The maximum Gasteiger partial charge on any atom is 0.246 e. The van der Waals surface area contributed by atoms with E-state index in [1.807, 2.05) is 26.8 Å². The molecular formula is C20H24N2O. The number of nitrogens with one attached hydrogen (secondary N) is 1. The molecule has 1 atom stereocenters. The van der Waals surface area contributed by atoms with Crippen molar-refractivity contribution < 1.29 is 4.79 Å². The largest absolute Gasteiger partial charge is 0.359 e. The van der Waals surface area contributed by atoms with E-state index in [-0.39, 0.29) is 11.9 Å². The molecule has 0 bridgehead atoms. The molecule has 3 nitrogen and oxygen atoms in total. The van der Waals surface area contributed by atoms with Crippen LogP contribution in [0.15, 0.2) is 36.4 Å². The van der Waals surface area contributed by atoms with Gasteiger partial charge in [-0.25, -0.2) is 0 Å². The van der Waals surface area contributed by atoms with Crippen LogP contribution in [-0.4, -0.2) is 18.5 Å². The predicted molar refractivity (Wildman–Crippen MR) is 96.2 cm³/mol. The molecule has 0 aliphatic carbocycles. The van der Waals surface area contributed by atoms with Crippen molar-refractivity contribution in [2.75, 3.05) is 16.8 Å². The van der Waals surface area contributed by atoms with Crippen molar-refractivity contribution in [3.8, 4) is 0 Å². The Kier molecular flexibility index (Phi) is 4.12. The summed E-state index contributed by atoms with van der Waals surface area (Å²) >= 11 is 0. The maximum absolute atomic E-state index is 12.7. The van der Waals surface area contributed by atoms with Crippen molar-refractivity contribution in [1.82, 2.24) is 0 Å². The highest BCUT2D eigenvalue weighted by Gasteiger charge is 2.27. The lowest BCUT2D eigenvalue weighted by Gasteiger charge is -2.27. The molecule has 0 saturated heterocycles. The second kappa shape index (κ2) is 6.07. The van der Waals surface area contributed by atoms with Gasteiger partial charge in [0.25, 0.3) is 0 Å². The molecule has 0 saturated carbocycles. The van der Waals surface area contributed by atoms with Crippen molar-refractivity contribution >= 4 is 17.3 Å². The first kappa shape index (κ1) is 15.6. The molecular weight excluding hydrogens is 284 g/mol. The number of hydrogen-bond acceptors (Lipinski definition) is 2. The van der Waals surface area contributed by atoms with Crippen molar-refractivity contribution in [2.24, 2.45) is 0 Å². The number of para-hydroxylation sites is 1. The first-order chi connectivity index (χ1) is 11.0. The van der Waals surface area contributed by atoms with Gasteiger partial charge in [-0.3, -0.25) is 4.79 Å². The summed E-state index contributed by atoms with van der Waals surface area (Å²) in [6.07, 6.45) is 1.01. The fraction of sp³-hybridized carbons (Fsp3) is 0.350. The molecule has 1 N–H and O–H groups in total. The molecule has 120 valence electrons. The topological polar surface area (TPSA) is 32.3 Å². The van der Waals surface area contributed by atoms with Crippen LogP contribution in [0, 0.1) is 20.8 Å². The minimum absolute atomic E-state index is 0.0526. The summed E-state index contributed by atoms with van der Waals surface area (Å²) in [7, 11) is 0.